The van der Waals surface area contributed by atoms with Gasteiger partial charge in [-0.2, -0.15) is 0 Å². The fraction of sp³-hybridized carbons (Fsp3) is 0.583. The normalized spacial score (nSPS) is 27.1. The number of nitrogens with one attached hydrogen (secondary N) is 1. The highest BCUT2D eigenvalue weighted by molar-refractivity contribution is 6.12. The third-order valence-electron chi connectivity index (χ3n) is 3.38. The highest BCUT2D eigenvalue weighted by Gasteiger charge is 2.28. The predicted octanol–water partition coefficient (Wildman–Crippen LogP) is -0.845. The molecule has 2 atom stereocenters. The summed E-state index contributed by atoms with van der Waals surface area (Å²) in [5.74, 6) is -0.701. The van der Waals surface area contributed by atoms with Crippen LogP contribution in [0.1, 0.15) is 19.3 Å². The minimum Gasteiger partial charge on any atom is -0.354 e. The molecule has 0 aromatic carbocycles. The first-order valence-corrected chi connectivity index (χ1v) is 6.15. The van der Waals surface area contributed by atoms with Gasteiger partial charge in [0.15, 0.2) is 0 Å². The maximum absolute atomic E-state index is 11.8. The molecule has 0 spiro atoms. The van der Waals surface area contributed by atoms with Crippen LogP contribution in [0.15, 0.2) is 12.2 Å². The van der Waals surface area contributed by atoms with Crippen LogP contribution >= 0.6 is 0 Å². The summed E-state index contributed by atoms with van der Waals surface area (Å²) in [6, 6.07) is 0.117. The molecule has 0 aromatic heterocycles. The largest absolute Gasteiger partial charge is 0.354 e. The standard InChI is InChI=1S/C12H17N3O3/c13-9-2-1-8(7-9)12(18)14-5-6-15-10(16)3-4-11(15)17/h3-4,8-9H,1-2,5-7,13H2,(H,14,18)/t8-,9?/m1/s1. The summed E-state index contributed by atoms with van der Waals surface area (Å²) in [7, 11) is 0. The second-order valence-electron chi connectivity index (χ2n) is 4.72. The van der Waals surface area contributed by atoms with E-state index in [1.165, 1.54) is 12.2 Å². The Kier molecular flexibility index (Phi) is 3.76. The van der Waals surface area contributed by atoms with Crippen LogP contribution in [0.3, 0.4) is 0 Å². The Morgan fingerprint density at radius 2 is 2.00 bits per heavy atom. The molecule has 3 N–H and O–H groups in total. The van der Waals surface area contributed by atoms with E-state index in [1.54, 1.807) is 0 Å². The number of imide groups is 1. The molecular weight excluding hydrogens is 234 g/mol. The molecule has 0 aromatic rings. The smallest absolute Gasteiger partial charge is 0.253 e. The number of nitrogens with zero attached hydrogens (tertiary/aromatic N) is 1. The molecule has 3 amide bonds. The van der Waals surface area contributed by atoms with Crippen LogP contribution in [0.5, 0.6) is 0 Å². The van der Waals surface area contributed by atoms with Crippen molar-refractivity contribution in [2.24, 2.45) is 11.7 Å². The molecular formula is C12H17N3O3. The highest BCUT2D eigenvalue weighted by atomic mass is 16.2. The molecule has 18 heavy (non-hydrogen) atoms. The van der Waals surface area contributed by atoms with Crippen molar-refractivity contribution in [1.29, 1.82) is 0 Å². The van der Waals surface area contributed by atoms with Crippen molar-refractivity contribution in [1.82, 2.24) is 10.2 Å². The van der Waals surface area contributed by atoms with Gasteiger partial charge in [-0.15, -0.1) is 0 Å². The predicted molar refractivity (Wildman–Crippen MR) is 64.2 cm³/mol. The molecule has 2 rings (SSSR count). The molecule has 98 valence electrons. The molecule has 0 radical (unpaired) electrons. The first-order chi connectivity index (χ1) is 8.58. The fourth-order valence-corrected chi connectivity index (χ4v) is 2.34. The number of carbonyl (C=O) groups excluding carboxylic acids is 3. The monoisotopic (exact) mass is 251 g/mol. The summed E-state index contributed by atoms with van der Waals surface area (Å²) in [5, 5.41) is 2.74. The third kappa shape index (κ3) is 2.76. The van der Waals surface area contributed by atoms with Gasteiger partial charge in [-0.3, -0.25) is 19.3 Å². The van der Waals surface area contributed by atoms with Gasteiger partial charge in [0.2, 0.25) is 5.91 Å². The molecule has 2 aliphatic rings. The van der Waals surface area contributed by atoms with Crippen LogP contribution in [0.2, 0.25) is 0 Å². The van der Waals surface area contributed by atoms with Crippen molar-refractivity contribution >= 4 is 17.7 Å². The van der Waals surface area contributed by atoms with Crippen LogP contribution in [0.25, 0.3) is 0 Å². The van der Waals surface area contributed by atoms with E-state index in [1.807, 2.05) is 0 Å². The Morgan fingerprint density at radius 3 is 2.56 bits per heavy atom. The van der Waals surface area contributed by atoms with E-state index in [-0.39, 0.29) is 36.2 Å². The van der Waals surface area contributed by atoms with Gasteiger partial charge < -0.3 is 11.1 Å². The molecule has 0 bridgehead atoms. The maximum atomic E-state index is 11.8. The van der Waals surface area contributed by atoms with E-state index in [0.717, 1.165) is 24.2 Å². The second kappa shape index (κ2) is 5.30. The van der Waals surface area contributed by atoms with Gasteiger partial charge in [0.05, 0.1) is 0 Å². The van der Waals surface area contributed by atoms with Gasteiger partial charge in [0.25, 0.3) is 11.8 Å². The van der Waals surface area contributed by atoms with E-state index < -0.39 is 0 Å². The van der Waals surface area contributed by atoms with Crippen molar-refractivity contribution in [2.45, 2.75) is 25.3 Å². The van der Waals surface area contributed by atoms with Gasteiger partial charge >= 0.3 is 0 Å². The van der Waals surface area contributed by atoms with Gasteiger partial charge in [-0.25, -0.2) is 0 Å². The number of carbonyl (C=O) groups is 3. The lowest BCUT2D eigenvalue weighted by Crippen LogP contribution is -2.39. The average molecular weight is 251 g/mol. The summed E-state index contributed by atoms with van der Waals surface area (Å²) in [5.41, 5.74) is 5.74. The molecule has 6 nitrogen and oxygen atoms in total. The molecule has 1 saturated carbocycles. The number of rotatable bonds is 4. The molecule has 1 aliphatic heterocycles. The minimum atomic E-state index is -0.322. The van der Waals surface area contributed by atoms with Crippen LogP contribution in [-0.4, -0.2) is 41.8 Å². The van der Waals surface area contributed by atoms with Crippen molar-refractivity contribution in [3.63, 3.8) is 0 Å². The highest BCUT2D eigenvalue weighted by Crippen LogP contribution is 2.23. The van der Waals surface area contributed by atoms with Gasteiger partial charge in [0, 0.05) is 37.2 Å². The lowest BCUT2D eigenvalue weighted by atomic mass is 10.1. The zero-order valence-corrected chi connectivity index (χ0v) is 10.1. The molecule has 1 aliphatic carbocycles. The summed E-state index contributed by atoms with van der Waals surface area (Å²) in [6.45, 7) is 0.513. The topological polar surface area (TPSA) is 92.5 Å². The molecule has 0 saturated heterocycles. The summed E-state index contributed by atoms with van der Waals surface area (Å²) in [6.07, 6.45) is 4.89. The van der Waals surface area contributed by atoms with E-state index in [0.29, 0.717) is 6.54 Å². The summed E-state index contributed by atoms with van der Waals surface area (Å²) in [4.78, 5) is 35.4. The fourth-order valence-electron chi connectivity index (χ4n) is 2.34. The summed E-state index contributed by atoms with van der Waals surface area (Å²) >= 11 is 0. The van der Waals surface area contributed by atoms with Crippen molar-refractivity contribution < 1.29 is 14.4 Å². The molecule has 1 fully saturated rings. The van der Waals surface area contributed by atoms with E-state index in [9.17, 15) is 14.4 Å². The SMILES string of the molecule is NC1CC[C@@H](C(=O)NCCN2C(=O)C=CC2=O)C1. The minimum absolute atomic E-state index is 0.0249. The van der Waals surface area contributed by atoms with E-state index >= 15 is 0 Å². The van der Waals surface area contributed by atoms with E-state index in [2.05, 4.69) is 5.32 Å². The van der Waals surface area contributed by atoms with Crippen molar-refractivity contribution in [3.8, 4) is 0 Å². The first kappa shape index (κ1) is 12.8. The van der Waals surface area contributed by atoms with E-state index in [4.69, 9.17) is 5.73 Å². The third-order valence-corrected chi connectivity index (χ3v) is 3.38. The second-order valence-corrected chi connectivity index (χ2v) is 4.72. The van der Waals surface area contributed by atoms with Crippen LogP contribution in [-0.2, 0) is 14.4 Å². The van der Waals surface area contributed by atoms with Crippen LogP contribution in [0.4, 0.5) is 0 Å². The lowest BCUT2D eigenvalue weighted by molar-refractivity contribution is -0.137. The lowest BCUT2D eigenvalue weighted by Gasteiger charge is -2.15. The molecule has 1 unspecified atom stereocenters. The van der Waals surface area contributed by atoms with Crippen molar-refractivity contribution in [3.05, 3.63) is 12.2 Å². The molecule has 6 heteroatoms. The van der Waals surface area contributed by atoms with Gasteiger partial charge in [-0.05, 0) is 19.3 Å². The number of hydrogen-bond acceptors (Lipinski definition) is 4. The number of nitrogens with two attached hydrogens (primary N) is 1. The quantitative estimate of drug-likeness (QED) is 0.637. The first-order valence-electron chi connectivity index (χ1n) is 6.15. The Morgan fingerprint density at radius 1 is 1.33 bits per heavy atom. The Balaban J connectivity index is 1.71. The van der Waals surface area contributed by atoms with Crippen LogP contribution < -0.4 is 11.1 Å². The Bertz CT molecular complexity index is 387. The Hall–Kier alpha value is -1.69. The van der Waals surface area contributed by atoms with Gasteiger partial charge in [0.1, 0.15) is 0 Å². The Labute approximate surface area is 105 Å². The number of hydrogen-bond donors (Lipinski definition) is 2. The zero-order valence-electron chi connectivity index (χ0n) is 10.1. The van der Waals surface area contributed by atoms with Crippen LogP contribution in [0, 0.1) is 5.92 Å². The summed E-state index contributed by atoms with van der Waals surface area (Å²) < 4.78 is 0. The maximum Gasteiger partial charge on any atom is 0.253 e. The van der Waals surface area contributed by atoms with Crippen molar-refractivity contribution in [2.75, 3.05) is 13.1 Å². The number of amides is 3. The average Bonchev–Trinajstić information content (AvgIpc) is 2.89. The van der Waals surface area contributed by atoms with Gasteiger partial charge in [-0.1, -0.05) is 0 Å². The zero-order chi connectivity index (χ0) is 13.1. The molecule has 1 heterocycles.